The summed E-state index contributed by atoms with van der Waals surface area (Å²) in [6.45, 7) is 6.72. The van der Waals surface area contributed by atoms with Crippen molar-refractivity contribution in [3.05, 3.63) is 29.3 Å². The van der Waals surface area contributed by atoms with Crippen LogP contribution < -0.4 is 22.2 Å². The number of likely N-dealkylation sites (tertiary alicyclic amines) is 1. The number of nitrogens with one attached hydrogen (secondary N) is 1. The zero-order valence-electron chi connectivity index (χ0n) is 16.0. The lowest BCUT2D eigenvalue weighted by molar-refractivity contribution is -0.886. The molecule has 3 nitrogen and oxygen atoms in total. The number of anilines is 1. The summed E-state index contributed by atoms with van der Waals surface area (Å²) in [4.78, 5) is 16.7. The number of fused-ring (bicyclic) bond motifs is 3. The zero-order chi connectivity index (χ0) is 17.1. The molecular formula is C21H33ClN2O. The SMILES string of the molecule is CCCCCCCC(=O)N1c2ccc(C)cc2[C@@H]2C[NH+](C)CC[C@@H]21.[Cl-]. The van der Waals surface area contributed by atoms with Gasteiger partial charge in [-0.1, -0.05) is 50.3 Å². The van der Waals surface area contributed by atoms with Gasteiger partial charge in [0.15, 0.2) is 0 Å². The van der Waals surface area contributed by atoms with E-state index >= 15 is 0 Å². The van der Waals surface area contributed by atoms with E-state index in [2.05, 4.69) is 44.0 Å². The van der Waals surface area contributed by atoms with E-state index in [-0.39, 0.29) is 12.4 Å². The lowest BCUT2D eigenvalue weighted by atomic mass is 9.89. The summed E-state index contributed by atoms with van der Waals surface area (Å²) in [5.41, 5.74) is 3.92. The minimum atomic E-state index is 0. The molecule has 0 bridgehead atoms. The van der Waals surface area contributed by atoms with E-state index in [0.717, 1.165) is 19.4 Å². The molecule has 2 aliphatic rings. The van der Waals surface area contributed by atoms with E-state index in [1.807, 2.05) is 0 Å². The standard InChI is InChI=1S/C21H32N2O.ClH/c1-4-5-6-7-8-9-21(24)23-19-11-10-16(2)14-17(19)18-15-22(3)13-12-20(18)23;/h10-11,14,18,20H,4-9,12-13,15H2,1-3H3;1H/t18-,20-;/m0./s1. The van der Waals surface area contributed by atoms with Gasteiger partial charge in [0.05, 0.1) is 32.1 Å². The van der Waals surface area contributed by atoms with Gasteiger partial charge in [0, 0.05) is 18.5 Å². The maximum Gasteiger partial charge on any atom is 0.227 e. The monoisotopic (exact) mass is 364 g/mol. The fourth-order valence-corrected chi connectivity index (χ4v) is 4.52. The average Bonchev–Trinajstić information content (AvgIpc) is 2.87. The summed E-state index contributed by atoms with van der Waals surface area (Å²) in [6.07, 6.45) is 7.88. The summed E-state index contributed by atoms with van der Waals surface area (Å²) in [6, 6.07) is 7.07. The van der Waals surface area contributed by atoms with Crippen LogP contribution in [0.15, 0.2) is 18.2 Å². The number of aryl methyl sites for hydroxylation is 1. The molecule has 3 rings (SSSR count). The third kappa shape index (κ3) is 4.38. The average molecular weight is 365 g/mol. The fourth-order valence-electron chi connectivity index (χ4n) is 4.52. The third-order valence-corrected chi connectivity index (χ3v) is 5.84. The predicted molar refractivity (Wildman–Crippen MR) is 99.8 cm³/mol. The molecule has 0 saturated carbocycles. The quantitative estimate of drug-likeness (QED) is 0.710. The molecule has 1 unspecified atom stereocenters. The molecule has 1 aromatic carbocycles. The number of halogens is 1. The second-order valence-electron chi connectivity index (χ2n) is 7.86. The van der Waals surface area contributed by atoms with E-state index in [4.69, 9.17) is 0 Å². The highest BCUT2D eigenvalue weighted by atomic mass is 35.5. The van der Waals surface area contributed by atoms with Crippen molar-refractivity contribution in [2.24, 2.45) is 0 Å². The van der Waals surface area contributed by atoms with Crippen LogP contribution in [0.25, 0.3) is 0 Å². The van der Waals surface area contributed by atoms with Crippen molar-refractivity contribution in [3.63, 3.8) is 0 Å². The smallest absolute Gasteiger partial charge is 0.227 e. The van der Waals surface area contributed by atoms with Crippen molar-refractivity contribution in [2.75, 3.05) is 25.0 Å². The predicted octanol–water partition coefficient (Wildman–Crippen LogP) is 0.0767. The van der Waals surface area contributed by atoms with Crippen LogP contribution in [0.1, 0.15) is 68.9 Å². The van der Waals surface area contributed by atoms with Gasteiger partial charge < -0.3 is 22.2 Å². The van der Waals surface area contributed by atoms with Gasteiger partial charge in [-0.15, -0.1) is 0 Å². The molecule has 3 atom stereocenters. The molecule has 1 amide bonds. The van der Waals surface area contributed by atoms with E-state index in [0.29, 0.717) is 24.3 Å². The molecule has 1 saturated heterocycles. The van der Waals surface area contributed by atoms with E-state index < -0.39 is 0 Å². The first-order valence-electron chi connectivity index (χ1n) is 9.85. The summed E-state index contributed by atoms with van der Waals surface area (Å²) in [5.74, 6) is 0.876. The molecule has 2 aliphatic heterocycles. The molecule has 25 heavy (non-hydrogen) atoms. The normalized spacial score (nSPS) is 24.4. The zero-order valence-corrected chi connectivity index (χ0v) is 16.7. The van der Waals surface area contributed by atoms with Crippen LogP contribution in [-0.4, -0.2) is 32.1 Å². The number of nitrogens with zero attached hydrogens (tertiary/aromatic N) is 1. The first kappa shape index (κ1) is 20.3. The van der Waals surface area contributed by atoms with Crippen LogP contribution in [-0.2, 0) is 4.79 Å². The van der Waals surface area contributed by atoms with Gasteiger partial charge in [0.1, 0.15) is 0 Å². The summed E-state index contributed by atoms with van der Waals surface area (Å²) < 4.78 is 0. The summed E-state index contributed by atoms with van der Waals surface area (Å²) >= 11 is 0. The lowest BCUT2D eigenvalue weighted by Gasteiger charge is -2.34. The number of unbranched alkanes of at least 4 members (excludes halogenated alkanes) is 4. The fraction of sp³-hybridized carbons (Fsp3) is 0.667. The molecule has 0 radical (unpaired) electrons. The van der Waals surface area contributed by atoms with Crippen LogP contribution in [0.4, 0.5) is 5.69 Å². The molecule has 1 N–H and O–H groups in total. The molecular weight excluding hydrogens is 332 g/mol. The van der Waals surface area contributed by atoms with Crippen LogP contribution in [0.2, 0.25) is 0 Å². The lowest BCUT2D eigenvalue weighted by Crippen LogP contribution is -3.11. The number of hydrogen-bond donors (Lipinski definition) is 1. The number of amides is 1. The van der Waals surface area contributed by atoms with Crippen molar-refractivity contribution >= 4 is 11.6 Å². The second kappa shape index (κ2) is 9.05. The first-order valence-corrected chi connectivity index (χ1v) is 9.85. The van der Waals surface area contributed by atoms with Crippen LogP contribution in [0, 0.1) is 6.92 Å². The van der Waals surface area contributed by atoms with Crippen LogP contribution in [0.5, 0.6) is 0 Å². The maximum atomic E-state index is 13.0. The number of piperidine rings is 1. The Kier molecular flexibility index (Phi) is 7.33. The number of quaternary nitrogens is 1. The van der Waals surface area contributed by atoms with E-state index in [1.165, 1.54) is 49.0 Å². The van der Waals surface area contributed by atoms with Crippen molar-refractivity contribution in [2.45, 2.75) is 70.8 Å². The Morgan fingerprint density at radius 2 is 2.00 bits per heavy atom. The van der Waals surface area contributed by atoms with Gasteiger partial charge in [-0.2, -0.15) is 0 Å². The Hall–Kier alpha value is -1.06. The first-order chi connectivity index (χ1) is 11.6. The Labute approximate surface area is 159 Å². The second-order valence-corrected chi connectivity index (χ2v) is 7.86. The Morgan fingerprint density at radius 1 is 1.24 bits per heavy atom. The largest absolute Gasteiger partial charge is 1.00 e. The van der Waals surface area contributed by atoms with Crippen molar-refractivity contribution in [1.29, 1.82) is 0 Å². The van der Waals surface area contributed by atoms with Crippen LogP contribution in [0.3, 0.4) is 0 Å². The van der Waals surface area contributed by atoms with E-state index in [1.54, 1.807) is 4.90 Å². The van der Waals surface area contributed by atoms with Gasteiger partial charge in [0.25, 0.3) is 0 Å². The maximum absolute atomic E-state index is 13.0. The number of rotatable bonds is 6. The number of benzene rings is 1. The topological polar surface area (TPSA) is 24.8 Å². The molecule has 2 heterocycles. The molecule has 140 valence electrons. The number of carbonyl (C=O) groups excluding carboxylic acids is 1. The van der Waals surface area contributed by atoms with Gasteiger partial charge in [-0.25, -0.2) is 0 Å². The molecule has 0 aliphatic carbocycles. The van der Waals surface area contributed by atoms with Gasteiger partial charge >= 0.3 is 0 Å². The summed E-state index contributed by atoms with van der Waals surface area (Å²) in [7, 11) is 2.28. The van der Waals surface area contributed by atoms with Crippen LogP contribution >= 0.6 is 0 Å². The molecule has 1 aromatic rings. The minimum absolute atomic E-state index is 0. The Morgan fingerprint density at radius 3 is 2.76 bits per heavy atom. The number of likely N-dealkylation sites (N-methyl/N-ethyl adjacent to an activating group) is 1. The highest BCUT2D eigenvalue weighted by Crippen LogP contribution is 2.43. The number of hydrogen-bond acceptors (Lipinski definition) is 1. The molecule has 4 heteroatoms. The minimum Gasteiger partial charge on any atom is -1.00 e. The Bertz CT molecular complexity index is 589. The molecule has 0 spiro atoms. The van der Waals surface area contributed by atoms with E-state index in [9.17, 15) is 4.79 Å². The highest BCUT2D eigenvalue weighted by Gasteiger charge is 2.45. The van der Waals surface area contributed by atoms with Crippen molar-refractivity contribution in [1.82, 2.24) is 0 Å². The van der Waals surface area contributed by atoms with Gasteiger partial charge in [-0.3, -0.25) is 4.79 Å². The molecule has 1 fully saturated rings. The highest BCUT2D eigenvalue weighted by molar-refractivity contribution is 5.96. The third-order valence-electron chi connectivity index (χ3n) is 5.84. The van der Waals surface area contributed by atoms with Crippen molar-refractivity contribution in [3.8, 4) is 0 Å². The number of carbonyl (C=O) groups is 1. The van der Waals surface area contributed by atoms with Gasteiger partial charge in [-0.05, 0) is 25.0 Å². The Balaban J connectivity index is 0.00000225. The van der Waals surface area contributed by atoms with Crippen molar-refractivity contribution < 1.29 is 22.1 Å². The summed E-state index contributed by atoms with van der Waals surface area (Å²) in [5, 5.41) is 0. The van der Waals surface area contributed by atoms with Gasteiger partial charge in [0.2, 0.25) is 5.91 Å². The molecule has 0 aromatic heterocycles.